The van der Waals surface area contributed by atoms with Crippen LogP contribution in [0.25, 0.3) is 11.0 Å². The maximum Gasteiger partial charge on any atom is 0.306 e. The van der Waals surface area contributed by atoms with Gasteiger partial charge >= 0.3 is 5.97 Å². The van der Waals surface area contributed by atoms with Crippen LogP contribution in [0.2, 0.25) is 0 Å². The van der Waals surface area contributed by atoms with E-state index in [1.54, 1.807) is 13.0 Å². The Morgan fingerprint density at radius 2 is 2.22 bits per heavy atom. The van der Waals surface area contributed by atoms with E-state index < -0.39 is 0 Å². The van der Waals surface area contributed by atoms with Crippen molar-refractivity contribution in [3.8, 4) is 0 Å². The summed E-state index contributed by atoms with van der Waals surface area (Å²) < 4.78 is 10.6. The molecule has 1 aromatic carbocycles. The highest BCUT2D eigenvalue weighted by Crippen LogP contribution is 2.30. The smallest absolute Gasteiger partial charge is 0.306 e. The van der Waals surface area contributed by atoms with Crippen molar-refractivity contribution in [2.75, 3.05) is 12.3 Å². The number of benzene rings is 1. The standard InChI is InChI=1S/C14H17NO3/c1-3-17-13(16)8-7-10-9(2)18-14-11(10)5-4-6-12(14)15/h4-6H,3,7-8,15H2,1-2H3. The predicted molar refractivity (Wildman–Crippen MR) is 70.3 cm³/mol. The minimum absolute atomic E-state index is 0.185. The summed E-state index contributed by atoms with van der Waals surface area (Å²) in [6, 6.07) is 5.66. The zero-order valence-corrected chi connectivity index (χ0v) is 10.7. The fourth-order valence-electron chi connectivity index (χ4n) is 2.08. The van der Waals surface area contributed by atoms with Gasteiger partial charge in [0.1, 0.15) is 5.76 Å². The van der Waals surface area contributed by atoms with Crippen molar-refractivity contribution < 1.29 is 13.9 Å². The topological polar surface area (TPSA) is 65.5 Å². The van der Waals surface area contributed by atoms with Gasteiger partial charge in [0.2, 0.25) is 0 Å². The lowest BCUT2D eigenvalue weighted by molar-refractivity contribution is -0.143. The van der Waals surface area contributed by atoms with Gasteiger partial charge in [0, 0.05) is 17.4 Å². The van der Waals surface area contributed by atoms with Crippen LogP contribution in [0, 0.1) is 6.92 Å². The van der Waals surface area contributed by atoms with Gasteiger partial charge in [0.05, 0.1) is 12.3 Å². The van der Waals surface area contributed by atoms with Crippen LogP contribution < -0.4 is 5.73 Å². The first-order chi connectivity index (χ1) is 8.63. The molecule has 1 aromatic heterocycles. The molecule has 0 aliphatic heterocycles. The van der Waals surface area contributed by atoms with E-state index in [1.165, 1.54) is 0 Å². The third-order valence-corrected chi connectivity index (χ3v) is 2.94. The Balaban J connectivity index is 2.25. The number of ether oxygens (including phenoxy) is 1. The molecule has 2 rings (SSSR count). The molecule has 0 aliphatic carbocycles. The van der Waals surface area contributed by atoms with Gasteiger partial charge in [-0.05, 0) is 26.3 Å². The molecule has 0 unspecified atom stereocenters. The van der Waals surface area contributed by atoms with Crippen molar-refractivity contribution in [2.24, 2.45) is 0 Å². The van der Waals surface area contributed by atoms with Crippen molar-refractivity contribution in [1.29, 1.82) is 0 Å². The highest BCUT2D eigenvalue weighted by atomic mass is 16.5. The number of esters is 1. The van der Waals surface area contributed by atoms with Crippen LogP contribution in [0.5, 0.6) is 0 Å². The number of nitrogens with two attached hydrogens (primary N) is 1. The van der Waals surface area contributed by atoms with E-state index >= 15 is 0 Å². The van der Waals surface area contributed by atoms with E-state index in [2.05, 4.69) is 0 Å². The summed E-state index contributed by atoms with van der Waals surface area (Å²) in [6.45, 7) is 4.11. The zero-order chi connectivity index (χ0) is 13.1. The molecule has 0 atom stereocenters. The number of aryl methyl sites for hydroxylation is 2. The van der Waals surface area contributed by atoms with Gasteiger partial charge in [-0.2, -0.15) is 0 Å². The lowest BCUT2D eigenvalue weighted by atomic mass is 10.1. The first-order valence-corrected chi connectivity index (χ1v) is 6.05. The second-order valence-electron chi connectivity index (χ2n) is 4.17. The Kier molecular flexibility index (Phi) is 3.55. The summed E-state index contributed by atoms with van der Waals surface area (Å²) in [5, 5.41) is 0.983. The number of fused-ring (bicyclic) bond motifs is 1. The van der Waals surface area contributed by atoms with E-state index in [9.17, 15) is 4.79 Å². The van der Waals surface area contributed by atoms with Gasteiger partial charge in [-0.25, -0.2) is 0 Å². The molecule has 1 heterocycles. The average Bonchev–Trinajstić information content (AvgIpc) is 2.65. The highest BCUT2D eigenvalue weighted by Gasteiger charge is 2.14. The van der Waals surface area contributed by atoms with Crippen molar-refractivity contribution in [3.05, 3.63) is 29.5 Å². The Morgan fingerprint density at radius 1 is 1.44 bits per heavy atom. The number of rotatable bonds is 4. The second kappa shape index (κ2) is 5.12. The number of hydrogen-bond acceptors (Lipinski definition) is 4. The van der Waals surface area contributed by atoms with Crippen LogP contribution in [-0.2, 0) is 16.0 Å². The lowest BCUT2D eigenvalue weighted by Crippen LogP contribution is -2.05. The number of nitrogen functional groups attached to an aromatic ring is 1. The molecule has 96 valence electrons. The van der Waals surface area contributed by atoms with Crippen LogP contribution in [0.4, 0.5) is 5.69 Å². The van der Waals surface area contributed by atoms with Crippen molar-refractivity contribution >= 4 is 22.6 Å². The number of carbonyl (C=O) groups excluding carboxylic acids is 1. The van der Waals surface area contributed by atoms with E-state index in [4.69, 9.17) is 14.9 Å². The van der Waals surface area contributed by atoms with Gasteiger partial charge in [0.15, 0.2) is 5.58 Å². The predicted octanol–water partition coefficient (Wildman–Crippen LogP) is 2.82. The van der Waals surface area contributed by atoms with Crippen molar-refractivity contribution in [1.82, 2.24) is 0 Å². The summed E-state index contributed by atoms with van der Waals surface area (Å²) in [7, 11) is 0. The molecule has 0 aliphatic rings. The summed E-state index contributed by atoms with van der Waals surface area (Å²) in [5.41, 5.74) is 8.22. The van der Waals surface area contributed by atoms with E-state index in [1.807, 2.05) is 19.1 Å². The number of hydrogen-bond donors (Lipinski definition) is 1. The minimum atomic E-state index is -0.185. The molecular weight excluding hydrogens is 230 g/mol. The molecule has 18 heavy (non-hydrogen) atoms. The van der Waals surface area contributed by atoms with E-state index in [0.29, 0.717) is 30.7 Å². The van der Waals surface area contributed by atoms with Gasteiger partial charge in [0.25, 0.3) is 0 Å². The number of carbonyl (C=O) groups is 1. The van der Waals surface area contributed by atoms with Crippen molar-refractivity contribution in [2.45, 2.75) is 26.7 Å². The molecule has 0 bridgehead atoms. The molecule has 0 fully saturated rings. The molecule has 0 radical (unpaired) electrons. The van der Waals surface area contributed by atoms with E-state index in [0.717, 1.165) is 16.7 Å². The summed E-state index contributed by atoms with van der Waals surface area (Å²) in [6.07, 6.45) is 0.971. The first-order valence-electron chi connectivity index (χ1n) is 6.05. The summed E-state index contributed by atoms with van der Waals surface area (Å²) in [4.78, 5) is 11.4. The molecule has 0 spiro atoms. The summed E-state index contributed by atoms with van der Waals surface area (Å²) in [5.74, 6) is 0.627. The van der Waals surface area contributed by atoms with Crippen LogP contribution >= 0.6 is 0 Å². The average molecular weight is 247 g/mol. The SMILES string of the molecule is CCOC(=O)CCc1c(C)oc2c(N)cccc12. The monoisotopic (exact) mass is 247 g/mol. The molecule has 0 saturated carbocycles. The molecular formula is C14H17NO3. The van der Waals surface area contributed by atoms with E-state index in [-0.39, 0.29) is 5.97 Å². The first kappa shape index (κ1) is 12.5. The summed E-state index contributed by atoms with van der Waals surface area (Å²) >= 11 is 0. The maximum atomic E-state index is 11.4. The Labute approximate surface area is 106 Å². The minimum Gasteiger partial charge on any atom is -0.466 e. The Morgan fingerprint density at radius 3 is 2.94 bits per heavy atom. The molecule has 0 saturated heterocycles. The maximum absolute atomic E-state index is 11.4. The van der Waals surface area contributed by atoms with Gasteiger partial charge < -0.3 is 14.9 Å². The lowest BCUT2D eigenvalue weighted by Gasteiger charge is -2.01. The number of furan rings is 1. The van der Waals surface area contributed by atoms with Crippen LogP contribution in [-0.4, -0.2) is 12.6 Å². The van der Waals surface area contributed by atoms with Crippen LogP contribution in [0.3, 0.4) is 0 Å². The molecule has 2 aromatic rings. The van der Waals surface area contributed by atoms with Crippen LogP contribution in [0.15, 0.2) is 22.6 Å². The van der Waals surface area contributed by atoms with Gasteiger partial charge in [-0.3, -0.25) is 4.79 Å². The van der Waals surface area contributed by atoms with Gasteiger partial charge in [-0.15, -0.1) is 0 Å². The zero-order valence-electron chi connectivity index (χ0n) is 10.7. The fourth-order valence-corrected chi connectivity index (χ4v) is 2.08. The third-order valence-electron chi connectivity index (χ3n) is 2.94. The molecule has 4 heteroatoms. The third kappa shape index (κ3) is 2.32. The number of anilines is 1. The normalized spacial score (nSPS) is 10.8. The van der Waals surface area contributed by atoms with Crippen molar-refractivity contribution in [3.63, 3.8) is 0 Å². The number of para-hydroxylation sites is 1. The molecule has 2 N–H and O–H groups in total. The largest absolute Gasteiger partial charge is 0.466 e. The molecule has 4 nitrogen and oxygen atoms in total. The highest BCUT2D eigenvalue weighted by molar-refractivity contribution is 5.91. The Hall–Kier alpha value is -1.97. The molecule has 0 amide bonds. The second-order valence-corrected chi connectivity index (χ2v) is 4.17. The van der Waals surface area contributed by atoms with Gasteiger partial charge in [-0.1, -0.05) is 12.1 Å². The quantitative estimate of drug-likeness (QED) is 0.666. The fraction of sp³-hybridized carbons (Fsp3) is 0.357. The Bertz CT molecular complexity index is 572. The van der Waals surface area contributed by atoms with Crippen LogP contribution in [0.1, 0.15) is 24.7 Å².